The second kappa shape index (κ2) is 8.83. The van der Waals surface area contributed by atoms with E-state index in [0.717, 1.165) is 41.6 Å². The minimum absolute atomic E-state index is 0.00192. The van der Waals surface area contributed by atoms with Gasteiger partial charge in [0.15, 0.2) is 0 Å². The lowest BCUT2D eigenvalue weighted by atomic mass is 10.1. The molecule has 3 aromatic rings. The van der Waals surface area contributed by atoms with Gasteiger partial charge in [0, 0.05) is 5.69 Å². The Morgan fingerprint density at radius 1 is 1.21 bits per heavy atom. The fourth-order valence-electron chi connectivity index (χ4n) is 2.45. The lowest BCUT2D eigenvalue weighted by Gasteiger charge is -2.11. The van der Waals surface area contributed by atoms with Crippen LogP contribution in [0.5, 0.6) is 0 Å². The number of nitrogens with zero attached hydrogens (tertiary/aromatic N) is 4. The summed E-state index contributed by atoms with van der Waals surface area (Å²) in [4.78, 5) is 12.2. The van der Waals surface area contributed by atoms with Crippen molar-refractivity contribution in [3.05, 3.63) is 58.6 Å². The molecule has 1 aromatic heterocycles. The summed E-state index contributed by atoms with van der Waals surface area (Å²) in [6.07, 6.45) is -3.71. The number of carbonyl (C=O) groups excluding carboxylic acids is 1. The van der Waals surface area contributed by atoms with Gasteiger partial charge >= 0.3 is 6.18 Å². The molecule has 0 aliphatic carbocycles. The van der Waals surface area contributed by atoms with Crippen LogP contribution in [0.25, 0.3) is 5.69 Å². The Bertz CT molecular complexity index is 1010. The molecule has 0 bridgehead atoms. The van der Waals surface area contributed by atoms with Crippen LogP contribution >= 0.6 is 23.4 Å². The van der Waals surface area contributed by atoms with E-state index in [0.29, 0.717) is 5.16 Å². The topological polar surface area (TPSA) is 72.7 Å². The van der Waals surface area contributed by atoms with E-state index in [9.17, 15) is 18.0 Å². The van der Waals surface area contributed by atoms with E-state index in [-0.39, 0.29) is 11.4 Å². The van der Waals surface area contributed by atoms with Crippen LogP contribution in [0.2, 0.25) is 5.02 Å². The number of rotatable bonds is 6. The van der Waals surface area contributed by atoms with Crippen LogP contribution in [0.1, 0.15) is 18.1 Å². The van der Waals surface area contributed by atoms with Crippen LogP contribution in [0.15, 0.2) is 47.6 Å². The molecule has 0 unspecified atom stereocenters. The highest BCUT2D eigenvalue weighted by Gasteiger charge is 2.33. The Labute approximate surface area is 173 Å². The molecule has 11 heteroatoms. The maximum absolute atomic E-state index is 12.9. The van der Waals surface area contributed by atoms with Crippen LogP contribution in [0.3, 0.4) is 0 Å². The van der Waals surface area contributed by atoms with Crippen LogP contribution in [-0.4, -0.2) is 31.9 Å². The molecule has 2 aromatic carbocycles. The first-order valence-electron chi connectivity index (χ1n) is 8.45. The van der Waals surface area contributed by atoms with Crippen LogP contribution in [-0.2, 0) is 17.4 Å². The average Bonchev–Trinajstić information content (AvgIpc) is 3.15. The Hall–Kier alpha value is -2.59. The molecule has 29 heavy (non-hydrogen) atoms. The summed E-state index contributed by atoms with van der Waals surface area (Å²) >= 11 is 6.64. The highest BCUT2D eigenvalue weighted by Crippen LogP contribution is 2.36. The van der Waals surface area contributed by atoms with Gasteiger partial charge in [0.25, 0.3) is 0 Å². The second-order valence-corrected chi connectivity index (χ2v) is 7.27. The number of alkyl halides is 3. The van der Waals surface area contributed by atoms with Crippen molar-refractivity contribution in [3.8, 4) is 5.69 Å². The predicted octanol–water partition coefficient (Wildman–Crippen LogP) is 4.63. The number of carbonyl (C=O) groups is 1. The van der Waals surface area contributed by atoms with Crippen LogP contribution in [0.4, 0.5) is 18.9 Å². The van der Waals surface area contributed by atoms with E-state index in [1.807, 2.05) is 31.2 Å². The quantitative estimate of drug-likeness (QED) is 0.565. The Kier molecular flexibility index (Phi) is 6.43. The number of halogens is 4. The molecule has 0 aliphatic heterocycles. The number of aryl methyl sites for hydroxylation is 1. The van der Waals surface area contributed by atoms with Crippen LogP contribution < -0.4 is 5.32 Å². The average molecular weight is 442 g/mol. The summed E-state index contributed by atoms with van der Waals surface area (Å²) in [5, 5.41) is 13.8. The van der Waals surface area contributed by atoms with Gasteiger partial charge in [-0.15, -0.1) is 5.10 Å². The summed E-state index contributed by atoms with van der Waals surface area (Å²) in [5.41, 5.74) is 0.894. The van der Waals surface area contributed by atoms with E-state index in [2.05, 4.69) is 20.8 Å². The molecule has 0 aliphatic rings. The van der Waals surface area contributed by atoms with Crippen molar-refractivity contribution in [2.45, 2.75) is 24.7 Å². The first kappa shape index (κ1) is 21.1. The van der Waals surface area contributed by atoms with E-state index in [4.69, 9.17) is 11.6 Å². The molecule has 0 radical (unpaired) electrons. The summed E-state index contributed by atoms with van der Waals surface area (Å²) in [6.45, 7) is 2.05. The molecule has 0 saturated carbocycles. The minimum Gasteiger partial charge on any atom is -0.325 e. The molecule has 0 atom stereocenters. The number of nitrogens with one attached hydrogen (secondary N) is 1. The van der Waals surface area contributed by atoms with Gasteiger partial charge in [-0.2, -0.15) is 17.9 Å². The molecule has 1 amide bonds. The fourth-order valence-corrected chi connectivity index (χ4v) is 3.37. The number of benzene rings is 2. The van der Waals surface area contributed by atoms with Crippen molar-refractivity contribution in [1.29, 1.82) is 0 Å². The summed E-state index contributed by atoms with van der Waals surface area (Å²) in [6, 6.07) is 10.8. The molecule has 1 heterocycles. The van der Waals surface area contributed by atoms with E-state index < -0.39 is 22.7 Å². The van der Waals surface area contributed by atoms with Gasteiger partial charge < -0.3 is 5.32 Å². The number of hydrogen-bond acceptors (Lipinski definition) is 5. The lowest BCUT2D eigenvalue weighted by Crippen LogP contribution is -2.15. The molecule has 152 valence electrons. The van der Waals surface area contributed by atoms with E-state index in [1.54, 1.807) is 0 Å². The smallest absolute Gasteiger partial charge is 0.325 e. The normalized spacial score (nSPS) is 11.5. The van der Waals surface area contributed by atoms with E-state index in [1.165, 1.54) is 10.7 Å². The van der Waals surface area contributed by atoms with E-state index >= 15 is 0 Å². The molecule has 0 saturated heterocycles. The number of thioether (sulfide) groups is 1. The summed E-state index contributed by atoms with van der Waals surface area (Å²) < 4.78 is 40.3. The van der Waals surface area contributed by atoms with Gasteiger partial charge in [-0.3, -0.25) is 4.79 Å². The van der Waals surface area contributed by atoms with Gasteiger partial charge in [0.1, 0.15) is 0 Å². The molecular weight excluding hydrogens is 427 g/mol. The third-order valence-electron chi connectivity index (χ3n) is 3.92. The third-order valence-corrected chi connectivity index (χ3v) is 5.17. The third kappa shape index (κ3) is 5.27. The zero-order valence-electron chi connectivity index (χ0n) is 15.1. The maximum Gasteiger partial charge on any atom is 0.417 e. The highest BCUT2D eigenvalue weighted by molar-refractivity contribution is 7.99. The lowest BCUT2D eigenvalue weighted by molar-refractivity contribution is -0.137. The Morgan fingerprint density at radius 2 is 1.93 bits per heavy atom. The highest BCUT2D eigenvalue weighted by atomic mass is 35.5. The van der Waals surface area contributed by atoms with Crippen molar-refractivity contribution in [2.24, 2.45) is 0 Å². The van der Waals surface area contributed by atoms with Gasteiger partial charge in [-0.05, 0) is 52.7 Å². The second-order valence-electron chi connectivity index (χ2n) is 5.92. The molecule has 0 fully saturated rings. The molecule has 1 N–H and O–H groups in total. The van der Waals surface area contributed by atoms with Crippen LogP contribution in [0, 0.1) is 0 Å². The van der Waals surface area contributed by atoms with Gasteiger partial charge in [0.05, 0.1) is 22.0 Å². The van der Waals surface area contributed by atoms with Crippen molar-refractivity contribution < 1.29 is 18.0 Å². The molecule has 6 nitrogen and oxygen atoms in total. The Morgan fingerprint density at radius 3 is 2.59 bits per heavy atom. The summed E-state index contributed by atoms with van der Waals surface area (Å²) in [5.74, 6) is -0.585. The molecule has 0 spiro atoms. The molecular formula is C18H15ClF3N5OS. The number of tetrazole rings is 1. The fraction of sp³-hybridized carbons (Fsp3) is 0.222. The molecule has 3 rings (SSSR count). The van der Waals surface area contributed by atoms with Gasteiger partial charge in [-0.1, -0.05) is 42.4 Å². The minimum atomic E-state index is -4.61. The first-order chi connectivity index (χ1) is 13.8. The standard InChI is InChI=1S/C18H15ClF3N5OS/c1-2-11-3-6-13(7-4-11)27-17(24-25-26-27)29-10-16(28)23-12-5-8-15(19)14(9-12)18(20,21)22/h3-9H,2,10H2,1H3,(H,23,28). The summed E-state index contributed by atoms with van der Waals surface area (Å²) in [7, 11) is 0. The van der Waals surface area contributed by atoms with Gasteiger partial charge in [-0.25, -0.2) is 0 Å². The van der Waals surface area contributed by atoms with Crippen molar-refractivity contribution in [3.63, 3.8) is 0 Å². The Balaban J connectivity index is 1.66. The van der Waals surface area contributed by atoms with Crippen molar-refractivity contribution in [1.82, 2.24) is 20.2 Å². The largest absolute Gasteiger partial charge is 0.417 e. The SMILES string of the molecule is CCc1ccc(-n2nnnc2SCC(=O)Nc2ccc(Cl)c(C(F)(F)F)c2)cc1. The predicted molar refractivity (Wildman–Crippen MR) is 104 cm³/mol. The van der Waals surface area contributed by atoms with Gasteiger partial charge in [0.2, 0.25) is 11.1 Å². The number of aromatic nitrogens is 4. The van der Waals surface area contributed by atoms with Crippen molar-refractivity contribution >= 4 is 35.0 Å². The van der Waals surface area contributed by atoms with Crippen molar-refractivity contribution in [2.75, 3.05) is 11.1 Å². The maximum atomic E-state index is 12.9. The zero-order valence-corrected chi connectivity index (χ0v) is 16.6. The monoisotopic (exact) mass is 441 g/mol. The first-order valence-corrected chi connectivity index (χ1v) is 9.81. The zero-order chi connectivity index (χ0) is 21.0. The number of hydrogen-bond donors (Lipinski definition) is 1. The number of anilines is 1. The number of amides is 1.